The molecule has 0 aliphatic heterocycles. The van der Waals surface area contributed by atoms with E-state index in [9.17, 15) is 0 Å². The minimum absolute atomic E-state index is 0. The van der Waals surface area contributed by atoms with Crippen LogP contribution in [0, 0.1) is 0 Å². The van der Waals surface area contributed by atoms with E-state index < -0.39 is 10.4 Å². The van der Waals surface area contributed by atoms with E-state index in [-0.39, 0.29) is 29.0 Å². The summed E-state index contributed by atoms with van der Waals surface area (Å²) in [6.07, 6.45) is 0. The summed E-state index contributed by atoms with van der Waals surface area (Å²) in [6, 6.07) is 0. The first-order valence-electron chi connectivity index (χ1n) is 1.69. The van der Waals surface area contributed by atoms with Crippen molar-refractivity contribution in [1.82, 2.24) is 0 Å². The molecule has 0 amide bonds. The fourth-order valence-corrected chi connectivity index (χ4v) is 0. The van der Waals surface area contributed by atoms with Crippen molar-refractivity contribution >= 4 is 10.4 Å². The van der Waals surface area contributed by atoms with Crippen LogP contribution in [0.2, 0.25) is 0 Å². The molecule has 0 fully saturated rings. The predicted octanol–water partition coefficient (Wildman–Crippen LogP) is -1.34. The average molecular weight is 250 g/mol. The second-order valence-electron chi connectivity index (χ2n) is 0.724. The standard InChI is InChI=1S/C2H6O.Ag.H2O4S/c1-2-3;;1-5(2,3)4/h3H,2H2,1H3;;(H2,1,2,3,4)/p-2. The van der Waals surface area contributed by atoms with Gasteiger partial charge in [0.2, 0.25) is 0 Å². The normalized spacial score (nSPS) is 8.44. The van der Waals surface area contributed by atoms with Crippen molar-refractivity contribution in [1.29, 1.82) is 0 Å². The Hall–Kier alpha value is 0.570. The van der Waals surface area contributed by atoms with Crippen LogP contribution < -0.4 is 0 Å². The molecular formula is C2H6AgO5S-2. The van der Waals surface area contributed by atoms with Crippen molar-refractivity contribution in [2.45, 2.75) is 6.92 Å². The first kappa shape index (κ1) is 16.3. The van der Waals surface area contributed by atoms with E-state index in [4.69, 9.17) is 22.6 Å². The molecule has 0 aromatic rings. The quantitative estimate of drug-likeness (QED) is 0.325. The average Bonchev–Trinajstić information content (AvgIpc) is 1.27. The van der Waals surface area contributed by atoms with Crippen molar-refractivity contribution in [3.8, 4) is 0 Å². The van der Waals surface area contributed by atoms with Crippen LogP contribution in [-0.2, 0) is 32.8 Å². The fraction of sp³-hybridized carbons (Fsp3) is 1.00. The summed E-state index contributed by atoms with van der Waals surface area (Å²) in [5.74, 6) is 0. The number of hydrogen-bond acceptors (Lipinski definition) is 5. The van der Waals surface area contributed by atoms with Gasteiger partial charge in [-0.15, -0.1) is 0 Å². The second-order valence-corrected chi connectivity index (χ2v) is 1.54. The molecule has 0 bridgehead atoms. The second kappa shape index (κ2) is 8.57. The van der Waals surface area contributed by atoms with Crippen LogP contribution in [-0.4, -0.2) is 29.2 Å². The molecule has 0 aromatic carbocycles. The van der Waals surface area contributed by atoms with Crippen molar-refractivity contribution in [3.63, 3.8) is 0 Å². The monoisotopic (exact) mass is 249 g/mol. The van der Waals surface area contributed by atoms with Crippen LogP contribution in [0.4, 0.5) is 0 Å². The molecule has 1 radical (unpaired) electrons. The molecule has 0 rings (SSSR count). The van der Waals surface area contributed by atoms with Crippen LogP contribution in [0.1, 0.15) is 6.92 Å². The van der Waals surface area contributed by atoms with Crippen LogP contribution in [0.25, 0.3) is 0 Å². The van der Waals surface area contributed by atoms with Gasteiger partial charge in [-0.25, -0.2) is 0 Å². The number of rotatable bonds is 0. The smallest absolute Gasteiger partial charge is 0.0402 e. The van der Waals surface area contributed by atoms with Gasteiger partial charge in [0.15, 0.2) is 0 Å². The molecule has 63 valence electrons. The van der Waals surface area contributed by atoms with Gasteiger partial charge in [0.1, 0.15) is 0 Å². The fourth-order valence-electron chi connectivity index (χ4n) is 0. The zero-order valence-corrected chi connectivity index (χ0v) is 6.80. The maximum Gasteiger partial charge on any atom is 0.0402 e. The summed E-state index contributed by atoms with van der Waals surface area (Å²) < 4.78 is 34.1. The Morgan fingerprint density at radius 2 is 1.44 bits per heavy atom. The van der Waals surface area contributed by atoms with Gasteiger partial charge in [-0.3, -0.25) is 8.42 Å². The summed E-state index contributed by atoms with van der Waals surface area (Å²) in [5.41, 5.74) is 0. The Kier molecular flexibility index (Phi) is 15.5. The molecular weight excluding hydrogens is 244 g/mol. The van der Waals surface area contributed by atoms with Gasteiger partial charge in [-0.2, -0.15) is 0 Å². The molecule has 0 aliphatic carbocycles. The van der Waals surface area contributed by atoms with Gasteiger partial charge >= 0.3 is 0 Å². The van der Waals surface area contributed by atoms with E-state index in [1.54, 1.807) is 6.92 Å². The van der Waals surface area contributed by atoms with E-state index in [1.165, 1.54) is 0 Å². The van der Waals surface area contributed by atoms with Crippen LogP contribution >= 0.6 is 0 Å². The topological polar surface area (TPSA) is 100 Å². The molecule has 9 heavy (non-hydrogen) atoms. The SMILES string of the molecule is CCO.O=S(=O)([O-])[O-].[Ag]. The molecule has 1 N–H and O–H groups in total. The number of aliphatic hydroxyl groups is 1. The minimum Gasteiger partial charge on any atom is -0.759 e. The Morgan fingerprint density at radius 1 is 1.44 bits per heavy atom. The minimum atomic E-state index is -5.17. The molecule has 5 nitrogen and oxygen atoms in total. The van der Waals surface area contributed by atoms with Crippen molar-refractivity contribution in [3.05, 3.63) is 0 Å². The largest absolute Gasteiger partial charge is 0.759 e. The van der Waals surface area contributed by atoms with Crippen LogP contribution in [0.3, 0.4) is 0 Å². The van der Waals surface area contributed by atoms with E-state index in [2.05, 4.69) is 0 Å². The number of aliphatic hydroxyl groups excluding tert-OH is 1. The first-order chi connectivity index (χ1) is 3.41. The van der Waals surface area contributed by atoms with E-state index in [0.717, 1.165) is 0 Å². The Balaban J connectivity index is -0.0000000800. The Morgan fingerprint density at radius 3 is 1.44 bits per heavy atom. The third-order valence-electron chi connectivity index (χ3n) is 0. The van der Waals surface area contributed by atoms with Gasteiger partial charge in [-0.05, 0) is 6.92 Å². The summed E-state index contributed by atoms with van der Waals surface area (Å²) in [6.45, 7) is 1.93. The van der Waals surface area contributed by atoms with E-state index >= 15 is 0 Å². The molecule has 0 heterocycles. The summed E-state index contributed by atoms with van der Waals surface area (Å²) in [5, 5.41) is 7.57. The Labute approximate surface area is 69.2 Å². The molecule has 0 aliphatic rings. The summed E-state index contributed by atoms with van der Waals surface area (Å²) >= 11 is 0. The third kappa shape index (κ3) is 1140. The van der Waals surface area contributed by atoms with Crippen molar-refractivity contribution in [2.75, 3.05) is 6.61 Å². The van der Waals surface area contributed by atoms with Crippen LogP contribution in [0.5, 0.6) is 0 Å². The zero-order chi connectivity index (χ0) is 7.21. The maximum atomic E-state index is 8.52. The zero-order valence-electron chi connectivity index (χ0n) is 4.50. The van der Waals surface area contributed by atoms with E-state index in [0.29, 0.717) is 0 Å². The van der Waals surface area contributed by atoms with Crippen molar-refractivity contribution in [2.24, 2.45) is 0 Å². The molecule has 0 spiro atoms. The summed E-state index contributed by atoms with van der Waals surface area (Å²) in [4.78, 5) is 0. The third-order valence-corrected chi connectivity index (χ3v) is 0. The van der Waals surface area contributed by atoms with E-state index in [1.807, 2.05) is 0 Å². The Bertz CT molecular complexity index is 109. The molecule has 0 unspecified atom stereocenters. The molecule has 7 heteroatoms. The number of hydrogen-bond donors (Lipinski definition) is 1. The van der Waals surface area contributed by atoms with Gasteiger partial charge in [-0.1, -0.05) is 0 Å². The summed E-state index contributed by atoms with van der Waals surface area (Å²) in [7, 11) is -5.17. The molecule has 0 saturated carbocycles. The molecule has 0 saturated heterocycles. The van der Waals surface area contributed by atoms with Gasteiger partial charge in [0.05, 0.1) is 0 Å². The molecule has 0 atom stereocenters. The van der Waals surface area contributed by atoms with Crippen LogP contribution in [0.15, 0.2) is 0 Å². The van der Waals surface area contributed by atoms with Gasteiger partial charge < -0.3 is 14.2 Å². The van der Waals surface area contributed by atoms with Crippen molar-refractivity contribution < 1.29 is 45.0 Å². The predicted molar refractivity (Wildman–Crippen MR) is 23.2 cm³/mol. The van der Waals surface area contributed by atoms with Gasteiger partial charge in [0, 0.05) is 39.4 Å². The van der Waals surface area contributed by atoms with Gasteiger partial charge in [0.25, 0.3) is 0 Å². The maximum absolute atomic E-state index is 8.52. The first-order valence-corrected chi connectivity index (χ1v) is 3.02. The molecule has 0 aromatic heterocycles.